The van der Waals surface area contributed by atoms with E-state index < -0.39 is 0 Å². The molecule has 1 aromatic rings. The highest BCUT2D eigenvalue weighted by Gasteiger charge is 2.45. The van der Waals surface area contributed by atoms with Gasteiger partial charge in [-0.05, 0) is 68.2 Å². The van der Waals surface area contributed by atoms with E-state index >= 15 is 0 Å². The van der Waals surface area contributed by atoms with Crippen LogP contribution in [0.15, 0.2) is 18.2 Å². The lowest BCUT2D eigenvalue weighted by Crippen LogP contribution is -2.40. The Balaban J connectivity index is 1.44. The average molecular weight is 342 g/mol. The van der Waals surface area contributed by atoms with Gasteiger partial charge in [-0.25, -0.2) is 0 Å². The number of benzene rings is 1. The van der Waals surface area contributed by atoms with Crippen LogP contribution in [0.4, 0.5) is 5.69 Å². The van der Waals surface area contributed by atoms with Gasteiger partial charge in [0.2, 0.25) is 5.91 Å². The second-order valence-corrected chi connectivity index (χ2v) is 7.62. The van der Waals surface area contributed by atoms with Gasteiger partial charge in [-0.1, -0.05) is 0 Å². The van der Waals surface area contributed by atoms with Crippen molar-refractivity contribution >= 4 is 17.5 Å². The minimum absolute atomic E-state index is 0.0399. The third kappa shape index (κ3) is 3.71. The molecule has 4 rings (SSSR count). The first-order chi connectivity index (χ1) is 12.1. The number of anilines is 1. The van der Waals surface area contributed by atoms with Crippen molar-refractivity contribution in [1.82, 2.24) is 4.90 Å². The molecular weight excluding hydrogens is 316 g/mol. The molecule has 2 amide bonds. The predicted octanol–water partition coefficient (Wildman–Crippen LogP) is 2.84. The number of nitrogens with one attached hydrogen (secondary N) is 1. The van der Waals surface area contributed by atoms with E-state index in [9.17, 15) is 9.59 Å². The van der Waals surface area contributed by atoms with Gasteiger partial charge in [-0.15, -0.1) is 0 Å². The summed E-state index contributed by atoms with van der Waals surface area (Å²) in [6.45, 7) is 4.43. The van der Waals surface area contributed by atoms with E-state index in [1.807, 2.05) is 30.0 Å². The van der Waals surface area contributed by atoms with E-state index in [1.165, 1.54) is 25.7 Å². The maximum atomic E-state index is 12.7. The van der Waals surface area contributed by atoms with Crippen molar-refractivity contribution in [3.8, 4) is 0 Å². The van der Waals surface area contributed by atoms with Crippen LogP contribution in [0, 0.1) is 24.7 Å². The van der Waals surface area contributed by atoms with Crippen LogP contribution in [0.3, 0.4) is 0 Å². The Labute approximate surface area is 148 Å². The van der Waals surface area contributed by atoms with Crippen molar-refractivity contribution < 1.29 is 14.3 Å². The average Bonchev–Trinajstić information content (AvgIpc) is 3.52. The molecule has 2 saturated carbocycles. The number of hydrogen-bond donors (Lipinski definition) is 1. The predicted molar refractivity (Wildman–Crippen MR) is 95.5 cm³/mol. The fourth-order valence-electron chi connectivity index (χ4n) is 3.83. The summed E-state index contributed by atoms with van der Waals surface area (Å²) in [6, 6.07) is 5.58. The van der Waals surface area contributed by atoms with Gasteiger partial charge < -0.3 is 15.0 Å². The van der Waals surface area contributed by atoms with Crippen molar-refractivity contribution in [3.63, 3.8) is 0 Å². The van der Waals surface area contributed by atoms with Gasteiger partial charge in [0, 0.05) is 30.3 Å². The molecule has 0 aromatic heterocycles. The summed E-state index contributed by atoms with van der Waals surface area (Å²) >= 11 is 0. The zero-order valence-corrected chi connectivity index (χ0v) is 14.8. The summed E-state index contributed by atoms with van der Waals surface area (Å²) in [7, 11) is 0. The summed E-state index contributed by atoms with van der Waals surface area (Å²) in [4.78, 5) is 27.1. The quantitative estimate of drug-likeness (QED) is 0.895. The van der Waals surface area contributed by atoms with Crippen LogP contribution in [0.1, 0.15) is 41.6 Å². The second kappa shape index (κ2) is 6.79. The minimum atomic E-state index is 0.0399. The molecule has 1 N–H and O–H groups in total. The molecule has 134 valence electrons. The fourth-order valence-corrected chi connectivity index (χ4v) is 3.83. The van der Waals surface area contributed by atoms with Crippen molar-refractivity contribution in [2.75, 3.05) is 31.6 Å². The molecule has 1 heterocycles. The number of morpholine rings is 1. The Hall–Kier alpha value is -1.88. The van der Waals surface area contributed by atoms with Crippen LogP contribution in [0.5, 0.6) is 0 Å². The first-order valence-electron chi connectivity index (χ1n) is 9.42. The number of ether oxygens (including phenoxy) is 1. The number of hydrogen-bond acceptors (Lipinski definition) is 3. The Kier molecular flexibility index (Phi) is 4.50. The lowest BCUT2D eigenvalue weighted by Gasteiger charge is -2.27. The maximum Gasteiger partial charge on any atom is 0.254 e. The number of aryl methyl sites for hydroxylation is 1. The molecule has 5 nitrogen and oxygen atoms in total. The second-order valence-electron chi connectivity index (χ2n) is 7.62. The molecule has 1 aliphatic heterocycles. The molecule has 0 radical (unpaired) electrons. The van der Waals surface area contributed by atoms with Crippen molar-refractivity contribution in [2.45, 2.75) is 32.6 Å². The monoisotopic (exact) mass is 342 g/mol. The Morgan fingerprint density at radius 1 is 1.12 bits per heavy atom. The lowest BCUT2D eigenvalue weighted by molar-refractivity contribution is -0.121. The van der Waals surface area contributed by atoms with E-state index in [0.717, 1.165) is 11.3 Å². The van der Waals surface area contributed by atoms with Crippen LogP contribution in [0.25, 0.3) is 0 Å². The molecule has 0 spiro atoms. The van der Waals surface area contributed by atoms with Crippen LogP contribution < -0.4 is 5.32 Å². The topological polar surface area (TPSA) is 58.6 Å². The molecule has 3 aliphatic rings. The van der Waals surface area contributed by atoms with Crippen LogP contribution in [-0.4, -0.2) is 43.0 Å². The summed E-state index contributed by atoms with van der Waals surface area (Å²) in [5.74, 6) is 1.58. The zero-order valence-electron chi connectivity index (χ0n) is 14.8. The summed E-state index contributed by atoms with van der Waals surface area (Å²) in [5, 5.41) is 3.11. The highest BCUT2D eigenvalue weighted by Crippen LogP contribution is 2.49. The minimum Gasteiger partial charge on any atom is -0.378 e. The largest absolute Gasteiger partial charge is 0.378 e. The van der Waals surface area contributed by atoms with Gasteiger partial charge in [0.1, 0.15) is 0 Å². The van der Waals surface area contributed by atoms with Gasteiger partial charge in [0.05, 0.1) is 13.2 Å². The highest BCUT2D eigenvalue weighted by atomic mass is 16.5. The molecule has 0 atom stereocenters. The van der Waals surface area contributed by atoms with E-state index in [4.69, 9.17) is 4.74 Å². The summed E-state index contributed by atoms with van der Waals surface area (Å²) < 4.78 is 5.30. The number of amides is 2. The van der Waals surface area contributed by atoms with Gasteiger partial charge >= 0.3 is 0 Å². The molecule has 1 aromatic carbocycles. The van der Waals surface area contributed by atoms with E-state index in [-0.39, 0.29) is 17.7 Å². The Morgan fingerprint density at radius 2 is 1.76 bits per heavy atom. The van der Waals surface area contributed by atoms with Gasteiger partial charge in [-0.2, -0.15) is 0 Å². The van der Waals surface area contributed by atoms with Gasteiger partial charge in [0.15, 0.2) is 0 Å². The van der Waals surface area contributed by atoms with Crippen LogP contribution in [0.2, 0.25) is 0 Å². The van der Waals surface area contributed by atoms with E-state index in [0.29, 0.717) is 43.7 Å². The van der Waals surface area contributed by atoms with E-state index in [1.54, 1.807) is 0 Å². The lowest BCUT2D eigenvalue weighted by atomic mass is 9.96. The van der Waals surface area contributed by atoms with Crippen molar-refractivity contribution in [3.05, 3.63) is 29.3 Å². The molecular formula is C20H26N2O3. The Morgan fingerprint density at radius 3 is 2.32 bits per heavy atom. The number of carbonyl (C=O) groups excluding carboxylic acids is 2. The molecule has 5 heteroatoms. The smallest absolute Gasteiger partial charge is 0.254 e. The van der Waals surface area contributed by atoms with Crippen LogP contribution in [-0.2, 0) is 9.53 Å². The third-order valence-electron chi connectivity index (χ3n) is 5.59. The fraction of sp³-hybridized carbons (Fsp3) is 0.600. The Bertz CT molecular complexity index is 662. The summed E-state index contributed by atoms with van der Waals surface area (Å²) in [5.41, 5.74) is 2.45. The van der Waals surface area contributed by atoms with Crippen molar-refractivity contribution in [2.24, 2.45) is 17.8 Å². The molecule has 0 bridgehead atoms. The molecule has 1 saturated heterocycles. The molecule has 3 fully saturated rings. The van der Waals surface area contributed by atoms with Gasteiger partial charge in [0.25, 0.3) is 5.91 Å². The zero-order chi connectivity index (χ0) is 17.4. The van der Waals surface area contributed by atoms with E-state index in [2.05, 4.69) is 5.32 Å². The first kappa shape index (κ1) is 16.6. The highest BCUT2D eigenvalue weighted by molar-refractivity contribution is 5.97. The first-order valence-corrected chi connectivity index (χ1v) is 9.42. The SMILES string of the molecule is Cc1cc(C(=O)N2CCOCC2)ccc1NC(=O)C(C1CC1)C1CC1. The molecule has 25 heavy (non-hydrogen) atoms. The molecule has 2 aliphatic carbocycles. The summed E-state index contributed by atoms with van der Waals surface area (Å²) in [6.07, 6.45) is 4.78. The van der Waals surface area contributed by atoms with Crippen molar-refractivity contribution in [1.29, 1.82) is 0 Å². The maximum absolute atomic E-state index is 12.7. The number of nitrogens with zero attached hydrogens (tertiary/aromatic N) is 1. The number of carbonyl (C=O) groups is 2. The van der Waals surface area contributed by atoms with Crippen LogP contribution >= 0.6 is 0 Å². The molecule has 0 unspecified atom stereocenters. The third-order valence-corrected chi connectivity index (χ3v) is 5.59. The normalized spacial score (nSPS) is 20.6. The number of rotatable bonds is 5. The standard InChI is InChI=1S/C20H26N2O3/c1-13-12-16(20(24)22-8-10-25-11-9-22)6-7-17(13)21-19(23)18(14-2-3-14)15-4-5-15/h6-7,12,14-15,18H,2-5,8-11H2,1H3,(H,21,23). The van der Waals surface area contributed by atoms with Gasteiger partial charge in [-0.3, -0.25) is 9.59 Å².